The minimum atomic E-state index is -1.06. The highest BCUT2D eigenvalue weighted by atomic mass is 35.5. The summed E-state index contributed by atoms with van der Waals surface area (Å²) in [6, 6.07) is 3.50. The van der Waals surface area contributed by atoms with Gasteiger partial charge >= 0.3 is 6.09 Å². The van der Waals surface area contributed by atoms with Crippen molar-refractivity contribution in [2.24, 2.45) is 0 Å². The fraction of sp³-hybridized carbons (Fsp3) is 0.625. The van der Waals surface area contributed by atoms with E-state index in [0.29, 0.717) is 23.2 Å². The lowest BCUT2D eigenvalue weighted by molar-refractivity contribution is 0.0241. The Labute approximate surface area is 144 Å². The van der Waals surface area contributed by atoms with E-state index < -0.39 is 16.4 Å². The number of amides is 1. The second kappa shape index (κ2) is 7.62. The third-order valence-electron chi connectivity index (χ3n) is 3.50. The first-order valence-electron chi connectivity index (χ1n) is 7.69. The number of halogens is 1. The number of carbonyl (C=O) groups is 1. The predicted octanol–water partition coefficient (Wildman–Crippen LogP) is 3.38. The molecule has 1 aliphatic rings. The Morgan fingerprint density at radius 1 is 1.48 bits per heavy atom. The Bertz CT molecular complexity index is 572. The third-order valence-corrected chi connectivity index (χ3v) is 5.14. The van der Waals surface area contributed by atoms with Crippen LogP contribution in [0.4, 0.5) is 4.79 Å². The molecule has 1 aromatic rings. The van der Waals surface area contributed by atoms with Gasteiger partial charge in [-0.1, -0.05) is 17.7 Å². The van der Waals surface area contributed by atoms with Crippen molar-refractivity contribution in [3.8, 4) is 0 Å². The van der Waals surface area contributed by atoms with Crippen LogP contribution in [0.2, 0.25) is 5.15 Å². The average molecular weight is 359 g/mol. The molecule has 0 aliphatic carbocycles. The van der Waals surface area contributed by atoms with Crippen LogP contribution < -0.4 is 0 Å². The van der Waals surface area contributed by atoms with Crippen molar-refractivity contribution in [2.45, 2.75) is 51.0 Å². The number of nitrogens with zero attached hydrogens (tertiary/aromatic N) is 2. The summed E-state index contributed by atoms with van der Waals surface area (Å²) in [4.78, 5) is 17.9. The molecule has 1 aromatic heterocycles. The molecular weight excluding hydrogens is 336 g/mol. The van der Waals surface area contributed by atoms with Gasteiger partial charge in [0, 0.05) is 35.3 Å². The number of rotatable bonds is 4. The Morgan fingerprint density at radius 2 is 2.22 bits per heavy atom. The molecule has 0 N–H and O–H groups in total. The largest absolute Gasteiger partial charge is 0.444 e. The van der Waals surface area contributed by atoms with Crippen molar-refractivity contribution in [1.29, 1.82) is 0 Å². The van der Waals surface area contributed by atoms with Gasteiger partial charge in [-0.15, -0.1) is 0 Å². The lowest BCUT2D eigenvalue weighted by Crippen LogP contribution is -2.42. The van der Waals surface area contributed by atoms with Crippen LogP contribution in [0.15, 0.2) is 18.3 Å². The van der Waals surface area contributed by atoms with Crippen LogP contribution in [0.3, 0.4) is 0 Å². The van der Waals surface area contributed by atoms with Crippen LogP contribution in [0.1, 0.15) is 39.2 Å². The Kier molecular flexibility index (Phi) is 6.03. The molecule has 0 saturated carbocycles. The summed E-state index contributed by atoms with van der Waals surface area (Å²) < 4.78 is 17.8. The SMILES string of the molecule is CC(C)(C)OC(=O)N1CCC[C@H]1C[S@](=O)Cc1ccc(Cl)nc1. The first-order valence-corrected chi connectivity index (χ1v) is 9.56. The first kappa shape index (κ1) is 18.2. The van der Waals surface area contributed by atoms with E-state index in [9.17, 15) is 9.00 Å². The number of hydrogen-bond acceptors (Lipinski definition) is 4. The standard InChI is InChI=1S/C16H23ClN2O3S/c1-16(2,3)22-15(20)19-8-4-5-13(19)11-23(21)10-12-6-7-14(17)18-9-12/h6-7,9,13H,4-5,8,10-11H2,1-3H3/t13-,23+/m0/s1. The normalized spacial score (nSPS) is 19.7. The topological polar surface area (TPSA) is 59.5 Å². The van der Waals surface area contributed by atoms with E-state index in [1.807, 2.05) is 26.8 Å². The second-order valence-electron chi connectivity index (χ2n) is 6.71. The van der Waals surface area contributed by atoms with E-state index in [4.69, 9.17) is 16.3 Å². The van der Waals surface area contributed by atoms with E-state index in [-0.39, 0.29) is 12.1 Å². The first-order chi connectivity index (χ1) is 10.7. The molecule has 23 heavy (non-hydrogen) atoms. The van der Waals surface area contributed by atoms with Crippen molar-refractivity contribution in [3.63, 3.8) is 0 Å². The Balaban J connectivity index is 1.91. The van der Waals surface area contributed by atoms with Crippen molar-refractivity contribution in [3.05, 3.63) is 29.0 Å². The van der Waals surface area contributed by atoms with Gasteiger partial charge in [-0.25, -0.2) is 9.78 Å². The molecule has 1 aliphatic heterocycles. The van der Waals surface area contributed by atoms with Crippen molar-refractivity contribution in [2.75, 3.05) is 12.3 Å². The number of likely N-dealkylation sites (tertiary alicyclic amines) is 1. The molecule has 1 amide bonds. The van der Waals surface area contributed by atoms with E-state index in [1.165, 1.54) is 0 Å². The second-order valence-corrected chi connectivity index (χ2v) is 8.60. The summed E-state index contributed by atoms with van der Waals surface area (Å²) >= 11 is 5.75. The Morgan fingerprint density at radius 3 is 2.83 bits per heavy atom. The van der Waals surface area contributed by atoms with Gasteiger partial charge < -0.3 is 9.64 Å². The highest BCUT2D eigenvalue weighted by Crippen LogP contribution is 2.22. The maximum absolute atomic E-state index is 12.4. The van der Waals surface area contributed by atoms with Gasteiger partial charge in [-0.3, -0.25) is 4.21 Å². The average Bonchev–Trinajstić information content (AvgIpc) is 2.87. The van der Waals surface area contributed by atoms with Gasteiger partial charge in [-0.2, -0.15) is 0 Å². The molecule has 2 heterocycles. The monoisotopic (exact) mass is 358 g/mol. The minimum Gasteiger partial charge on any atom is -0.444 e. The zero-order valence-corrected chi connectivity index (χ0v) is 15.3. The van der Waals surface area contributed by atoms with Crippen LogP contribution in [-0.2, 0) is 21.3 Å². The van der Waals surface area contributed by atoms with Gasteiger partial charge in [-0.05, 0) is 45.2 Å². The zero-order valence-electron chi connectivity index (χ0n) is 13.8. The molecule has 7 heteroatoms. The fourth-order valence-electron chi connectivity index (χ4n) is 2.52. The van der Waals surface area contributed by atoms with E-state index in [0.717, 1.165) is 18.4 Å². The van der Waals surface area contributed by atoms with Crippen molar-refractivity contribution >= 4 is 28.5 Å². The van der Waals surface area contributed by atoms with E-state index in [1.54, 1.807) is 17.2 Å². The van der Waals surface area contributed by atoms with Gasteiger partial charge in [0.05, 0.1) is 5.75 Å². The van der Waals surface area contributed by atoms with Crippen LogP contribution in [0.25, 0.3) is 0 Å². The van der Waals surface area contributed by atoms with Crippen molar-refractivity contribution < 1.29 is 13.7 Å². The van der Waals surface area contributed by atoms with E-state index in [2.05, 4.69) is 4.98 Å². The van der Waals surface area contributed by atoms with Gasteiger partial charge in [0.25, 0.3) is 0 Å². The highest BCUT2D eigenvalue weighted by molar-refractivity contribution is 7.84. The number of pyridine rings is 1. The molecule has 0 spiro atoms. The lowest BCUT2D eigenvalue weighted by Gasteiger charge is -2.28. The molecular formula is C16H23ClN2O3S. The quantitative estimate of drug-likeness (QED) is 0.774. The van der Waals surface area contributed by atoms with Crippen LogP contribution in [0, 0.1) is 0 Å². The molecule has 0 unspecified atom stereocenters. The molecule has 2 rings (SSSR count). The van der Waals surface area contributed by atoms with Crippen LogP contribution in [-0.4, -0.2) is 44.1 Å². The minimum absolute atomic E-state index is 0.0223. The van der Waals surface area contributed by atoms with Gasteiger partial charge in [0.2, 0.25) is 0 Å². The summed E-state index contributed by atoms with van der Waals surface area (Å²) in [5, 5.41) is 0.423. The number of carbonyl (C=O) groups excluding carboxylic acids is 1. The van der Waals surface area contributed by atoms with Crippen molar-refractivity contribution in [1.82, 2.24) is 9.88 Å². The number of ether oxygens (including phenoxy) is 1. The van der Waals surface area contributed by atoms with E-state index >= 15 is 0 Å². The molecule has 1 saturated heterocycles. The van der Waals surface area contributed by atoms with Crippen LogP contribution in [0.5, 0.6) is 0 Å². The highest BCUT2D eigenvalue weighted by Gasteiger charge is 2.33. The molecule has 1 fully saturated rings. The summed E-state index contributed by atoms with van der Waals surface area (Å²) in [6.45, 7) is 6.21. The predicted molar refractivity (Wildman–Crippen MR) is 91.9 cm³/mol. The van der Waals surface area contributed by atoms with Crippen LogP contribution >= 0.6 is 11.6 Å². The molecule has 0 bridgehead atoms. The lowest BCUT2D eigenvalue weighted by atomic mass is 10.2. The number of hydrogen-bond donors (Lipinski definition) is 0. The molecule has 5 nitrogen and oxygen atoms in total. The smallest absolute Gasteiger partial charge is 0.410 e. The molecule has 2 atom stereocenters. The number of aromatic nitrogens is 1. The summed E-state index contributed by atoms with van der Waals surface area (Å²) in [6.07, 6.45) is 3.11. The maximum atomic E-state index is 12.4. The molecule has 128 valence electrons. The third kappa shape index (κ3) is 5.77. The summed E-state index contributed by atoms with van der Waals surface area (Å²) in [5.41, 5.74) is 0.368. The summed E-state index contributed by atoms with van der Waals surface area (Å²) in [7, 11) is -1.06. The summed E-state index contributed by atoms with van der Waals surface area (Å²) in [5.74, 6) is 0.880. The van der Waals surface area contributed by atoms with Gasteiger partial charge in [0.15, 0.2) is 0 Å². The molecule has 0 aromatic carbocycles. The Hall–Kier alpha value is -1.14. The van der Waals surface area contributed by atoms with Gasteiger partial charge in [0.1, 0.15) is 10.8 Å². The molecule has 0 radical (unpaired) electrons. The maximum Gasteiger partial charge on any atom is 0.410 e. The zero-order chi connectivity index (χ0) is 17.0. The fourth-order valence-corrected chi connectivity index (χ4v) is 4.07.